The molecule has 0 bridgehead atoms. The smallest absolute Gasteiger partial charge is 0.293 e. The number of rotatable bonds is 3. The largest absolute Gasteiger partial charge is 0.464 e. The van der Waals surface area contributed by atoms with Gasteiger partial charge in [-0.15, -0.1) is 0 Å². The van der Waals surface area contributed by atoms with Crippen molar-refractivity contribution in [1.29, 1.82) is 0 Å². The maximum absolute atomic E-state index is 5.77. The van der Waals surface area contributed by atoms with Gasteiger partial charge in [-0.25, -0.2) is 0 Å². The van der Waals surface area contributed by atoms with Crippen molar-refractivity contribution in [1.82, 2.24) is 14.7 Å². The van der Waals surface area contributed by atoms with E-state index in [4.69, 9.17) is 4.74 Å². The Bertz CT molecular complexity index is 307. The van der Waals surface area contributed by atoms with Crippen molar-refractivity contribution in [2.45, 2.75) is 38.7 Å². The molecule has 1 aliphatic rings. The van der Waals surface area contributed by atoms with Gasteiger partial charge in [-0.3, -0.25) is 0 Å². The van der Waals surface area contributed by atoms with E-state index in [-0.39, 0.29) is 6.10 Å². The molecule has 0 radical (unpaired) electrons. The monoisotopic (exact) mass is 227 g/mol. The van der Waals surface area contributed by atoms with E-state index in [1.807, 2.05) is 0 Å². The van der Waals surface area contributed by atoms with Crippen LogP contribution >= 0.6 is 11.5 Å². The van der Waals surface area contributed by atoms with Crippen molar-refractivity contribution in [2.24, 2.45) is 0 Å². The molecule has 0 aromatic carbocycles. The third kappa shape index (κ3) is 2.89. The molecule has 1 atom stereocenters. The summed E-state index contributed by atoms with van der Waals surface area (Å²) in [6.07, 6.45) is 2.57. The van der Waals surface area contributed by atoms with Crippen molar-refractivity contribution in [2.75, 3.05) is 13.1 Å². The van der Waals surface area contributed by atoms with E-state index in [0.29, 0.717) is 11.1 Å². The molecule has 5 heteroatoms. The maximum Gasteiger partial charge on any atom is 0.293 e. The van der Waals surface area contributed by atoms with Crippen LogP contribution in [0.2, 0.25) is 0 Å². The Morgan fingerprint density at radius 1 is 1.53 bits per heavy atom. The topological polar surface area (TPSA) is 47.0 Å². The predicted octanol–water partition coefficient (Wildman–Crippen LogP) is 1.79. The van der Waals surface area contributed by atoms with Crippen molar-refractivity contribution in [3.63, 3.8) is 0 Å². The lowest BCUT2D eigenvalue weighted by atomic mass is 10.1. The summed E-state index contributed by atoms with van der Waals surface area (Å²) < 4.78 is 10.0. The van der Waals surface area contributed by atoms with Gasteiger partial charge in [-0.1, -0.05) is 13.8 Å². The Balaban J connectivity index is 1.91. The van der Waals surface area contributed by atoms with Crippen LogP contribution < -0.4 is 10.1 Å². The molecule has 0 spiro atoms. The molecule has 15 heavy (non-hydrogen) atoms. The van der Waals surface area contributed by atoms with E-state index in [1.54, 1.807) is 0 Å². The Labute approximate surface area is 94.2 Å². The van der Waals surface area contributed by atoms with Gasteiger partial charge in [0.25, 0.3) is 5.19 Å². The first-order chi connectivity index (χ1) is 7.25. The summed E-state index contributed by atoms with van der Waals surface area (Å²) in [4.78, 5) is 4.36. The molecule has 0 aliphatic carbocycles. The number of nitrogens with zero attached hydrogens (tertiary/aromatic N) is 2. The molecule has 0 unspecified atom stereocenters. The van der Waals surface area contributed by atoms with Crippen LogP contribution in [0.3, 0.4) is 0 Å². The highest BCUT2D eigenvalue weighted by atomic mass is 32.1. The van der Waals surface area contributed by atoms with E-state index < -0.39 is 0 Å². The Morgan fingerprint density at radius 3 is 3.00 bits per heavy atom. The molecular weight excluding hydrogens is 210 g/mol. The van der Waals surface area contributed by atoms with Crippen LogP contribution in [0.1, 0.15) is 38.4 Å². The van der Waals surface area contributed by atoms with Gasteiger partial charge in [-0.2, -0.15) is 9.36 Å². The SMILES string of the molecule is CC(C)c1nsc(O[C@H]2CCCNC2)n1. The van der Waals surface area contributed by atoms with Crippen molar-refractivity contribution < 1.29 is 4.74 Å². The zero-order valence-corrected chi connectivity index (χ0v) is 10.0. The minimum Gasteiger partial charge on any atom is -0.464 e. The van der Waals surface area contributed by atoms with Crippen molar-refractivity contribution in [3.8, 4) is 5.19 Å². The lowest BCUT2D eigenvalue weighted by molar-refractivity contribution is 0.166. The molecule has 2 rings (SSSR count). The fourth-order valence-corrected chi connectivity index (χ4v) is 2.30. The average molecular weight is 227 g/mol. The molecule has 1 N–H and O–H groups in total. The number of hydrogen-bond acceptors (Lipinski definition) is 5. The number of hydrogen-bond donors (Lipinski definition) is 1. The van der Waals surface area contributed by atoms with Gasteiger partial charge >= 0.3 is 0 Å². The van der Waals surface area contributed by atoms with Crippen LogP contribution in [0.4, 0.5) is 0 Å². The highest BCUT2D eigenvalue weighted by Crippen LogP contribution is 2.21. The molecule has 1 saturated heterocycles. The number of nitrogens with one attached hydrogen (secondary N) is 1. The van der Waals surface area contributed by atoms with Gasteiger partial charge in [-0.05, 0) is 19.4 Å². The van der Waals surface area contributed by atoms with E-state index >= 15 is 0 Å². The lowest BCUT2D eigenvalue weighted by Gasteiger charge is -2.22. The number of piperidine rings is 1. The first kappa shape index (κ1) is 10.8. The summed E-state index contributed by atoms with van der Waals surface area (Å²) >= 11 is 1.36. The Morgan fingerprint density at radius 2 is 2.40 bits per heavy atom. The zero-order chi connectivity index (χ0) is 10.7. The third-order valence-electron chi connectivity index (χ3n) is 2.46. The minimum atomic E-state index is 0.270. The van der Waals surface area contributed by atoms with Crippen molar-refractivity contribution in [3.05, 3.63) is 5.82 Å². The van der Waals surface area contributed by atoms with E-state index in [9.17, 15) is 0 Å². The van der Waals surface area contributed by atoms with Crippen LogP contribution in [0.5, 0.6) is 5.19 Å². The molecule has 1 aromatic heterocycles. The summed E-state index contributed by atoms with van der Waals surface area (Å²) in [5.74, 6) is 1.27. The minimum absolute atomic E-state index is 0.270. The fraction of sp³-hybridized carbons (Fsp3) is 0.800. The highest BCUT2D eigenvalue weighted by molar-refractivity contribution is 7.07. The first-order valence-corrected chi connectivity index (χ1v) is 6.24. The van der Waals surface area contributed by atoms with Crippen LogP contribution in [0, 0.1) is 0 Å². The summed E-state index contributed by atoms with van der Waals surface area (Å²) in [6.45, 7) is 6.21. The molecule has 84 valence electrons. The summed E-state index contributed by atoms with van der Waals surface area (Å²) in [5.41, 5.74) is 0. The van der Waals surface area contributed by atoms with Gasteiger partial charge in [0, 0.05) is 24.0 Å². The number of aromatic nitrogens is 2. The van der Waals surface area contributed by atoms with Gasteiger partial charge in [0.1, 0.15) is 11.9 Å². The lowest BCUT2D eigenvalue weighted by Crippen LogP contribution is -2.37. The van der Waals surface area contributed by atoms with Crippen LogP contribution in [-0.2, 0) is 0 Å². The van der Waals surface area contributed by atoms with Crippen LogP contribution in [0.25, 0.3) is 0 Å². The third-order valence-corrected chi connectivity index (χ3v) is 3.08. The summed E-state index contributed by atoms with van der Waals surface area (Å²) in [6, 6.07) is 0. The predicted molar refractivity (Wildman–Crippen MR) is 60.5 cm³/mol. The second-order valence-electron chi connectivity index (χ2n) is 4.16. The quantitative estimate of drug-likeness (QED) is 0.855. The van der Waals surface area contributed by atoms with Crippen LogP contribution in [0.15, 0.2) is 0 Å². The first-order valence-electron chi connectivity index (χ1n) is 5.46. The van der Waals surface area contributed by atoms with E-state index in [2.05, 4.69) is 28.5 Å². The standard InChI is InChI=1S/C10H17N3OS/c1-7(2)9-12-10(15-13-9)14-8-4-3-5-11-6-8/h7-8,11H,3-6H2,1-2H3/t8-/m0/s1. The Hall–Kier alpha value is -0.680. The molecule has 0 saturated carbocycles. The molecule has 2 heterocycles. The van der Waals surface area contributed by atoms with Gasteiger partial charge in [0.2, 0.25) is 0 Å². The van der Waals surface area contributed by atoms with Crippen molar-refractivity contribution >= 4 is 11.5 Å². The zero-order valence-electron chi connectivity index (χ0n) is 9.19. The van der Waals surface area contributed by atoms with Crippen LogP contribution in [-0.4, -0.2) is 28.6 Å². The normalized spacial score (nSPS) is 21.9. The Kier molecular flexibility index (Phi) is 3.53. The molecule has 1 aromatic rings. The maximum atomic E-state index is 5.77. The second kappa shape index (κ2) is 4.90. The van der Waals surface area contributed by atoms with E-state index in [1.165, 1.54) is 18.0 Å². The molecule has 4 nitrogen and oxygen atoms in total. The van der Waals surface area contributed by atoms with Gasteiger partial charge in [0.05, 0.1) is 0 Å². The van der Waals surface area contributed by atoms with Gasteiger partial charge in [0.15, 0.2) is 0 Å². The molecule has 1 fully saturated rings. The van der Waals surface area contributed by atoms with Gasteiger partial charge < -0.3 is 10.1 Å². The summed E-state index contributed by atoms with van der Waals surface area (Å²) in [7, 11) is 0. The molecule has 0 amide bonds. The number of ether oxygens (including phenoxy) is 1. The van der Waals surface area contributed by atoms with E-state index in [0.717, 1.165) is 25.3 Å². The average Bonchev–Trinajstić information content (AvgIpc) is 2.68. The fourth-order valence-electron chi connectivity index (χ4n) is 1.57. The summed E-state index contributed by atoms with van der Waals surface area (Å²) in [5, 5.41) is 4.03. The molecular formula is C10H17N3OS. The highest BCUT2D eigenvalue weighted by Gasteiger charge is 2.17. The second-order valence-corrected chi connectivity index (χ2v) is 4.87. The molecule has 1 aliphatic heterocycles.